The minimum absolute atomic E-state index is 0.215. The molecule has 0 unspecified atom stereocenters. The fraction of sp³-hybridized carbons (Fsp3) is 0.136. The minimum atomic E-state index is -0.215. The second-order valence-electron chi connectivity index (χ2n) is 6.56. The van der Waals surface area contributed by atoms with Crippen LogP contribution in [0.3, 0.4) is 0 Å². The molecule has 0 bridgehead atoms. The quantitative estimate of drug-likeness (QED) is 0.359. The molecule has 2 aromatic heterocycles. The molecule has 29 heavy (non-hydrogen) atoms. The third-order valence-corrected chi connectivity index (χ3v) is 5.98. The topological polar surface area (TPSA) is 46.1 Å². The van der Waals surface area contributed by atoms with Gasteiger partial charge in [0.05, 0.1) is 16.8 Å². The monoisotopic (exact) mass is 441 g/mol. The highest BCUT2D eigenvalue weighted by Crippen LogP contribution is 2.32. The van der Waals surface area contributed by atoms with Crippen LogP contribution in [0.1, 0.15) is 28.4 Å². The van der Waals surface area contributed by atoms with Crippen LogP contribution in [-0.2, 0) is 13.0 Å². The molecule has 0 aliphatic heterocycles. The average molecular weight is 442 g/mol. The second-order valence-corrected chi connectivity index (χ2v) is 8.44. The highest BCUT2D eigenvalue weighted by atomic mass is 35.5. The lowest BCUT2D eigenvalue weighted by atomic mass is 10.2. The Labute approximate surface area is 182 Å². The van der Waals surface area contributed by atoms with Crippen molar-refractivity contribution in [1.82, 2.24) is 9.97 Å². The van der Waals surface area contributed by atoms with Gasteiger partial charge in [0.2, 0.25) is 0 Å². The predicted molar refractivity (Wildman–Crippen MR) is 120 cm³/mol. The Kier molecular flexibility index (Phi) is 5.81. The number of halogens is 2. The Hall–Kier alpha value is -2.47. The molecule has 2 heterocycles. The van der Waals surface area contributed by atoms with Crippen molar-refractivity contribution in [2.45, 2.75) is 19.9 Å². The number of anilines is 1. The molecule has 4 rings (SSSR count). The van der Waals surface area contributed by atoms with Gasteiger partial charge in [-0.15, -0.1) is 0 Å². The van der Waals surface area contributed by atoms with Crippen molar-refractivity contribution < 1.29 is 4.79 Å². The molecular formula is C22H17Cl2N3OS. The molecule has 0 radical (unpaired) electrons. The summed E-state index contributed by atoms with van der Waals surface area (Å²) in [4.78, 5) is 23.9. The van der Waals surface area contributed by atoms with Gasteiger partial charge in [-0.3, -0.25) is 14.7 Å². The first-order valence-electron chi connectivity index (χ1n) is 9.10. The van der Waals surface area contributed by atoms with Crippen LogP contribution in [0.15, 0.2) is 60.9 Å². The van der Waals surface area contributed by atoms with Crippen molar-refractivity contribution >= 4 is 55.8 Å². The van der Waals surface area contributed by atoms with Gasteiger partial charge in [0, 0.05) is 28.0 Å². The van der Waals surface area contributed by atoms with E-state index in [2.05, 4.69) is 24.0 Å². The van der Waals surface area contributed by atoms with Crippen LogP contribution >= 0.6 is 34.5 Å². The molecule has 0 N–H and O–H groups in total. The standard InChI is InChI=1S/C22H17Cl2N3OS/c1-2-14-5-6-19-20(8-14)29-22(26-19)27(13-15-4-3-7-25-12-15)21(28)16-9-17(23)11-18(24)10-16/h3-12H,2,13H2,1H3. The number of amides is 1. The van der Waals surface area contributed by atoms with E-state index in [0.717, 1.165) is 22.2 Å². The molecule has 7 heteroatoms. The molecule has 0 spiro atoms. The number of thiazole rings is 1. The van der Waals surface area contributed by atoms with Crippen molar-refractivity contribution in [1.29, 1.82) is 0 Å². The van der Waals surface area contributed by atoms with Gasteiger partial charge in [0.15, 0.2) is 5.13 Å². The van der Waals surface area contributed by atoms with Gasteiger partial charge in [0.25, 0.3) is 5.91 Å². The molecule has 146 valence electrons. The Morgan fingerprint density at radius 3 is 2.55 bits per heavy atom. The van der Waals surface area contributed by atoms with Crippen LogP contribution in [-0.4, -0.2) is 15.9 Å². The predicted octanol–water partition coefficient (Wildman–Crippen LogP) is 6.41. The van der Waals surface area contributed by atoms with Gasteiger partial charge in [-0.05, 0) is 53.9 Å². The fourth-order valence-corrected chi connectivity index (χ4v) is 4.58. The summed E-state index contributed by atoms with van der Waals surface area (Å²) in [5.41, 5.74) is 3.43. The molecule has 0 aliphatic carbocycles. The van der Waals surface area contributed by atoms with Crippen molar-refractivity contribution in [2.24, 2.45) is 0 Å². The van der Waals surface area contributed by atoms with E-state index in [9.17, 15) is 4.79 Å². The molecule has 2 aromatic carbocycles. The first kappa shape index (κ1) is 19.8. The van der Waals surface area contributed by atoms with Crippen molar-refractivity contribution in [2.75, 3.05) is 4.90 Å². The number of rotatable bonds is 5. The van der Waals surface area contributed by atoms with E-state index in [-0.39, 0.29) is 5.91 Å². The fourth-order valence-electron chi connectivity index (χ4n) is 3.03. The maximum absolute atomic E-state index is 13.4. The number of benzene rings is 2. The maximum atomic E-state index is 13.4. The van der Waals surface area contributed by atoms with E-state index in [1.165, 1.54) is 16.9 Å². The van der Waals surface area contributed by atoms with Crippen LogP contribution in [0.2, 0.25) is 10.0 Å². The summed E-state index contributed by atoms with van der Waals surface area (Å²) in [6.45, 7) is 2.46. The largest absolute Gasteiger partial charge is 0.279 e. The summed E-state index contributed by atoms with van der Waals surface area (Å²) in [5.74, 6) is -0.215. The van der Waals surface area contributed by atoms with Gasteiger partial charge in [-0.2, -0.15) is 0 Å². The smallest absolute Gasteiger partial charge is 0.260 e. The summed E-state index contributed by atoms with van der Waals surface area (Å²) in [6.07, 6.45) is 4.40. The minimum Gasteiger partial charge on any atom is -0.279 e. The maximum Gasteiger partial charge on any atom is 0.260 e. The molecule has 4 nitrogen and oxygen atoms in total. The number of hydrogen-bond acceptors (Lipinski definition) is 4. The highest BCUT2D eigenvalue weighted by molar-refractivity contribution is 7.22. The molecule has 0 saturated carbocycles. The molecule has 0 saturated heterocycles. The summed E-state index contributed by atoms with van der Waals surface area (Å²) in [7, 11) is 0. The SMILES string of the molecule is CCc1ccc2nc(N(Cc3cccnc3)C(=O)c3cc(Cl)cc(Cl)c3)sc2c1. The summed E-state index contributed by atoms with van der Waals surface area (Å²) in [5, 5.41) is 1.45. The van der Waals surface area contributed by atoms with Crippen LogP contribution in [0.25, 0.3) is 10.2 Å². The van der Waals surface area contributed by atoms with Gasteiger partial charge in [-0.1, -0.05) is 53.6 Å². The summed E-state index contributed by atoms with van der Waals surface area (Å²) >= 11 is 13.7. The lowest BCUT2D eigenvalue weighted by molar-refractivity contribution is 0.0985. The lowest BCUT2D eigenvalue weighted by Gasteiger charge is -2.20. The number of hydrogen-bond donors (Lipinski definition) is 0. The third kappa shape index (κ3) is 4.42. The zero-order valence-corrected chi connectivity index (χ0v) is 17.9. The number of pyridine rings is 1. The Morgan fingerprint density at radius 2 is 1.86 bits per heavy atom. The number of aryl methyl sites for hydroxylation is 1. The van der Waals surface area contributed by atoms with Crippen molar-refractivity contribution in [3.63, 3.8) is 0 Å². The van der Waals surface area contributed by atoms with Crippen LogP contribution in [0.4, 0.5) is 5.13 Å². The van der Waals surface area contributed by atoms with Crippen LogP contribution in [0.5, 0.6) is 0 Å². The third-order valence-electron chi connectivity index (χ3n) is 4.50. The van der Waals surface area contributed by atoms with E-state index in [1.54, 1.807) is 35.5 Å². The highest BCUT2D eigenvalue weighted by Gasteiger charge is 2.22. The molecule has 0 fully saturated rings. The zero-order valence-electron chi connectivity index (χ0n) is 15.6. The van der Waals surface area contributed by atoms with E-state index in [1.807, 2.05) is 18.2 Å². The zero-order chi connectivity index (χ0) is 20.4. The first-order valence-corrected chi connectivity index (χ1v) is 10.7. The van der Waals surface area contributed by atoms with Crippen LogP contribution < -0.4 is 4.90 Å². The Balaban J connectivity index is 1.78. The number of nitrogens with zero attached hydrogens (tertiary/aromatic N) is 3. The summed E-state index contributed by atoms with van der Waals surface area (Å²) in [6, 6.07) is 14.8. The Bertz CT molecular complexity index is 1160. The van der Waals surface area contributed by atoms with E-state index in [0.29, 0.717) is 27.3 Å². The normalized spacial score (nSPS) is 11.0. The van der Waals surface area contributed by atoms with Gasteiger partial charge in [0.1, 0.15) is 0 Å². The van der Waals surface area contributed by atoms with E-state index in [4.69, 9.17) is 28.2 Å². The first-order chi connectivity index (χ1) is 14.0. The van der Waals surface area contributed by atoms with E-state index >= 15 is 0 Å². The molecule has 0 atom stereocenters. The number of carbonyl (C=O) groups is 1. The molecular weight excluding hydrogens is 425 g/mol. The molecule has 0 aliphatic rings. The van der Waals surface area contributed by atoms with Gasteiger partial charge < -0.3 is 0 Å². The molecule has 4 aromatic rings. The Morgan fingerprint density at radius 1 is 1.07 bits per heavy atom. The van der Waals surface area contributed by atoms with E-state index < -0.39 is 0 Å². The average Bonchev–Trinajstić information content (AvgIpc) is 3.14. The van der Waals surface area contributed by atoms with Crippen LogP contribution in [0, 0.1) is 0 Å². The molecule has 1 amide bonds. The number of carbonyl (C=O) groups excluding carboxylic acids is 1. The lowest BCUT2D eigenvalue weighted by Crippen LogP contribution is -2.30. The summed E-state index contributed by atoms with van der Waals surface area (Å²) < 4.78 is 1.05. The van der Waals surface area contributed by atoms with Gasteiger partial charge >= 0.3 is 0 Å². The second kappa shape index (κ2) is 8.49. The van der Waals surface area contributed by atoms with Crippen molar-refractivity contribution in [3.8, 4) is 0 Å². The number of aromatic nitrogens is 2. The van der Waals surface area contributed by atoms with Crippen molar-refractivity contribution in [3.05, 3.63) is 87.7 Å². The van der Waals surface area contributed by atoms with Gasteiger partial charge in [-0.25, -0.2) is 4.98 Å². The number of fused-ring (bicyclic) bond motifs is 1.